The first-order valence-corrected chi connectivity index (χ1v) is 4.57. The Bertz CT molecular complexity index is 317. The van der Waals surface area contributed by atoms with E-state index < -0.39 is 0 Å². The zero-order chi connectivity index (χ0) is 9.52. The fraction of sp³-hybridized carbons (Fsp3) is 0.333. The largest absolute Gasteiger partial charge is 0.207 e. The van der Waals surface area contributed by atoms with Gasteiger partial charge in [0.25, 0.3) is 0 Å². The Balaban J connectivity index is 2.56. The second-order valence-electron chi connectivity index (χ2n) is 2.92. The van der Waals surface area contributed by atoms with Gasteiger partial charge in [-0.25, -0.2) is 4.39 Å². The molecule has 13 heavy (non-hydrogen) atoms. The summed E-state index contributed by atoms with van der Waals surface area (Å²) in [6, 6.07) is 6.39. The third-order valence-corrected chi connectivity index (χ3v) is 1.71. The lowest BCUT2D eigenvalue weighted by Crippen LogP contribution is -1.76. The average Bonchev–Trinajstić information content (AvgIpc) is 2.13. The Morgan fingerprint density at radius 3 is 2.92 bits per heavy atom. The summed E-state index contributed by atoms with van der Waals surface area (Å²) in [5.41, 5.74) is 0.760. The van der Waals surface area contributed by atoms with Crippen molar-refractivity contribution in [1.82, 2.24) is 0 Å². The maximum Gasteiger partial charge on any atom is 0.124 e. The van der Waals surface area contributed by atoms with Crippen LogP contribution >= 0.6 is 0 Å². The van der Waals surface area contributed by atoms with Crippen LogP contribution in [0.3, 0.4) is 0 Å². The fourth-order valence-corrected chi connectivity index (χ4v) is 0.996. The zero-order valence-corrected chi connectivity index (χ0v) is 7.81. The van der Waals surface area contributed by atoms with E-state index in [1.807, 2.05) is 6.07 Å². The second kappa shape index (κ2) is 5.37. The summed E-state index contributed by atoms with van der Waals surface area (Å²) in [7, 11) is 0. The fourth-order valence-electron chi connectivity index (χ4n) is 0.996. The van der Waals surface area contributed by atoms with Gasteiger partial charge in [0.15, 0.2) is 0 Å². The molecule has 1 aromatic carbocycles. The van der Waals surface area contributed by atoms with E-state index in [2.05, 4.69) is 18.8 Å². The van der Waals surface area contributed by atoms with Crippen molar-refractivity contribution in [1.29, 1.82) is 0 Å². The average molecular weight is 176 g/mol. The Morgan fingerprint density at radius 2 is 2.23 bits per heavy atom. The molecule has 0 aliphatic rings. The summed E-state index contributed by atoms with van der Waals surface area (Å²) in [5, 5.41) is 0. The molecule has 0 aliphatic carbocycles. The van der Waals surface area contributed by atoms with E-state index in [4.69, 9.17) is 0 Å². The third-order valence-electron chi connectivity index (χ3n) is 1.71. The highest BCUT2D eigenvalue weighted by molar-refractivity contribution is 5.34. The minimum Gasteiger partial charge on any atom is -0.207 e. The van der Waals surface area contributed by atoms with E-state index in [1.165, 1.54) is 12.1 Å². The molecule has 0 aliphatic heterocycles. The molecule has 68 valence electrons. The summed E-state index contributed by atoms with van der Waals surface area (Å²) < 4.78 is 12.7. The first-order valence-electron chi connectivity index (χ1n) is 4.57. The minimum absolute atomic E-state index is 0.220. The van der Waals surface area contributed by atoms with Gasteiger partial charge in [-0.2, -0.15) is 0 Å². The molecule has 0 saturated carbocycles. The van der Waals surface area contributed by atoms with Gasteiger partial charge in [0.2, 0.25) is 0 Å². The van der Waals surface area contributed by atoms with Crippen LogP contribution in [0.15, 0.2) is 24.3 Å². The number of unbranched alkanes of at least 4 members (excludes halogenated alkanes) is 2. The number of hydrogen-bond donors (Lipinski definition) is 0. The number of halogens is 1. The molecule has 0 nitrogen and oxygen atoms in total. The quantitative estimate of drug-likeness (QED) is 0.478. The van der Waals surface area contributed by atoms with Gasteiger partial charge in [-0.3, -0.25) is 0 Å². The number of hydrogen-bond acceptors (Lipinski definition) is 0. The topological polar surface area (TPSA) is 0 Å². The van der Waals surface area contributed by atoms with Crippen LogP contribution in [-0.2, 0) is 0 Å². The Labute approximate surface area is 78.8 Å². The van der Waals surface area contributed by atoms with Gasteiger partial charge in [0.05, 0.1) is 0 Å². The molecule has 0 atom stereocenters. The molecular weight excluding hydrogens is 163 g/mol. The van der Waals surface area contributed by atoms with Gasteiger partial charge in [0, 0.05) is 12.0 Å². The van der Waals surface area contributed by atoms with Crippen LogP contribution in [0.25, 0.3) is 0 Å². The number of rotatable bonds is 2. The van der Waals surface area contributed by atoms with Crippen molar-refractivity contribution in [2.45, 2.75) is 26.2 Å². The monoisotopic (exact) mass is 176 g/mol. The van der Waals surface area contributed by atoms with E-state index in [0.29, 0.717) is 0 Å². The van der Waals surface area contributed by atoms with Gasteiger partial charge in [-0.1, -0.05) is 31.3 Å². The SMILES string of the molecule is CCCCC#Cc1cccc(F)c1. The first-order chi connectivity index (χ1) is 6.33. The standard InChI is InChI=1S/C12H13F/c1-2-3-4-5-7-11-8-6-9-12(13)10-11/h6,8-10H,2-4H2,1H3. The zero-order valence-electron chi connectivity index (χ0n) is 7.81. The third kappa shape index (κ3) is 3.75. The van der Waals surface area contributed by atoms with E-state index in [1.54, 1.807) is 6.07 Å². The van der Waals surface area contributed by atoms with Crippen LogP contribution in [0.5, 0.6) is 0 Å². The summed E-state index contributed by atoms with van der Waals surface area (Å²) in [6.07, 6.45) is 3.16. The molecule has 0 heterocycles. The highest BCUT2D eigenvalue weighted by atomic mass is 19.1. The Morgan fingerprint density at radius 1 is 1.38 bits per heavy atom. The molecule has 1 aromatic rings. The molecule has 0 radical (unpaired) electrons. The maximum absolute atomic E-state index is 12.7. The van der Waals surface area contributed by atoms with E-state index in [-0.39, 0.29) is 5.82 Å². The van der Waals surface area contributed by atoms with Crippen LogP contribution < -0.4 is 0 Å². The Kier molecular flexibility index (Phi) is 4.05. The summed E-state index contributed by atoms with van der Waals surface area (Å²) >= 11 is 0. The van der Waals surface area contributed by atoms with Crippen molar-refractivity contribution in [3.8, 4) is 11.8 Å². The lowest BCUT2D eigenvalue weighted by Gasteiger charge is -1.89. The lowest BCUT2D eigenvalue weighted by molar-refractivity contribution is 0.627. The van der Waals surface area contributed by atoms with Crippen LogP contribution in [0.2, 0.25) is 0 Å². The minimum atomic E-state index is -0.220. The molecule has 1 heteroatoms. The van der Waals surface area contributed by atoms with Crippen molar-refractivity contribution >= 4 is 0 Å². The predicted octanol–water partition coefficient (Wildman–Crippen LogP) is 3.37. The molecule has 0 spiro atoms. The second-order valence-corrected chi connectivity index (χ2v) is 2.92. The first kappa shape index (κ1) is 9.80. The molecule has 0 fully saturated rings. The lowest BCUT2D eigenvalue weighted by atomic mass is 10.2. The van der Waals surface area contributed by atoms with Crippen molar-refractivity contribution in [2.24, 2.45) is 0 Å². The molecule has 0 N–H and O–H groups in total. The van der Waals surface area contributed by atoms with Gasteiger partial charge >= 0.3 is 0 Å². The van der Waals surface area contributed by atoms with Crippen molar-refractivity contribution in [2.75, 3.05) is 0 Å². The van der Waals surface area contributed by atoms with E-state index >= 15 is 0 Å². The summed E-state index contributed by atoms with van der Waals surface area (Å²) in [5.74, 6) is 5.72. The molecule has 0 amide bonds. The number of benzene rings is 1. The van der Waals surface area contributed by atoms with Crippen LogP contribution in [-0.4, -0.2) is 0 Å². The summed E-state index contributed by atoms with van der Waals surface area (Å²) in [4.78, 5) is 0. The van der Waals surface area contributed by atoms with Gasteiger partial charge in [0.1, 0.15) is 5.82 Å². The van der Waals surface area contributed by atoms with E-state index in [0.717, 1.165) is 24.8 Å². The summed E-state index contributed by atoms with van der Waals surface area (Å²) in [6.45, 7) is 2.13. The van der Waals surface area contributed by atoms with Crippen molar-refractivity contribution in [3.63, 3.8) is 0 Å². The van der Waals surface area contributed by atoms with E-state index in [9.17, 15) is 4.39 Å². The van der Waals surface area contributed by atoms with Gasteiger partial charge in [-0.15, -0.1) is 0 Å². The molecule has 0 saturated heterocycles. The molecule has 0 unspecified atom stereocenters. The van der Waals surface area contributed by atoms with Crippen LogP contribution in [0.4, 0.5) is 4.39 Å². The normalized spacial score (nSPS) is 9.08. The maximum atomic E-state index is 12.7. The van der Waals surface area contributed by atoms with Crippen LogP contribution in [0, 0.1) is 17.7 Å². The molecule has 1 rings (SSSR count). The highest BCUT2D eigenvalue weighted by Gasteiger charge is 1.88. The molecule has 0 bridgehead atoms. The van der Waals surface area contributed by atoms with Crippen molar-refractivity contribution < 1.29 is 4.39 Å². The van der Waals surface area contributed by atoms with Crippen molar-refractivity contribution in [3.05, 3.63) is 35.6 Å². The highest BCUT2D eigenvalue weighted by Crippen LogP contribution is 2.01. The van der Waals surface area contributed by atoms with Gasteiger partial charge < -0.3 is 0 Å². The predicted molar refractivity (Wildman–Crippen MR) is 52.8 cm³/mol. The Hall–Kier alpha value is -1.29. The molecule has 0 aromatic heterocycles. The van der Waals surface area contributed by atoms with Crippen LogP contribution in [0.1, 0.15) is 31.7 Å². The smallest absolute Gasteiger partial charge is 0.124 e. The molecular formula is C12H13F. The van der Waals surface area contributed by atoms with Gasteiger partial charge in [-0.05, 0) is 24.6 Å².